The van der Waals surface area contributed by atoms with E-state index in [1.165, 1.54) is 57.8 Å². The minimum Gasteiger partial charge on any atom is -0.375 e. The lowest BCUT2D eigenvalue weighted by Gasteiger charge is -2.39. The van der Waals surface area contributed by atoms with Crippen molar-refractivity contribution in [3.63, 3.8) is 0 Å². The highest BCUT2D eigenvalue weighted by atomic mass is 32.2. The van der Waals surface area contributed by atoms with Gasteiger partial charge in [0, 0.05) is 23.7 Å². The van der Waals surface area contributed by atoms with Crippen LogP contribution in [0.5, 0.6) is 0 Å². The molecule has 5 fully saturated rings. The van der Waals surface area contributed by atoms with Crippen LogP contribution in [0.25, 0.3) is 0 Å². The highest BCUT2D eigenvalue weighted by molar-refractivity contribution is 8.00. The van der Waals surface area contributed by atoms with Crippen molar-refractivity contribution in [1.82, 2.24) is 0 Å². The Labute approximate surface area is 211 Å². The predicted octanol–water partition coefficient (Wildman–Crippen LogP) is 7.92. The van der Waals surface area contributed by atoms with Crippen molar-refractivity contribution in [2.45, 2.75) is 138 Å². The van der Waals surface area contributed by atoms with Crippen LogP contribution in [0.15, 0.2) is 0 Å². The summed E-state index contributed by atoms with van der Waals surface area (Å²) in [6.07, 6.45) is 15.4. The van der Waals surface area contributed by atoms with Crippen LogP contribution in [0.4, 0.5) is 8.78 Å². The summed E-state index contributed by atoms with van der Waals surface area (Å²) in [4.78, 5) is 0. The van der Waals surface area contributed by atoms with E-state index in [1.807, 2.05) is 0 Å². The molecule has 5 rings (SSSR count). The smallest absolute Gasteiger partial charge is 0.138 e. The van der Waals surface area contributed by atoms with Crippen LogP contribution in [0.2, 0.25) is 0 Å². The lowest BCUT2D eigenvalue weighted by atomic mass is 9.71. The molecule has 2 nitrogen and oxygen atoms in total. The zero-order valence-electron chi connectivity index (χ0n) is 21.4. The van der Waals surface area contributed by atoms with Crippen molar-refractivity contribution < 1.29 is 18.3 Å². The maximum absolute atomic E-state index is 15.7. The lowest BCUT2D eigenvalue weighted by Crippen LogP contribution is -2.45. The first-order valence-corrected chi connectivity index (χ1v) is 15.7. The first kappa shape index (κ1) is 25.8. The minimum absolute atomic E-state index is 0.0791. The number of rotatable bonds is 11. The van der Waals surface area contributed by atoms with Crippen molar-refractivity contribution in [3.8, 4) is 0 Å². The lowest BCUT2D eigenvalue weighted by molar-refractivity contribution is -0.0640. The molecule has 0 aromatic carbocycles. The zero-order valence-corrected chi connectivity index (χ0v) is 22.2. The molecule has 0 radical (unpaired) electrons. The van der Waals surface area contributed by atoms with E-state index < -0.39 is 12.3 Å². The van der Waals surface area contributed by atoms with Gasteiger partial charge in [0.2, 0.25) is 0 Å². The molecule has 5 aliphatic rings. The summed E-state index contributed by atoms with van der Waals surface area (Å²) in [6, 6.07) is 0. The van der Waals surface area contributed by atoms with E-state index in [0.29, 0.717) is 24.4 Å². The second kappa shape index (κ2) is 12.1. The molecule has 0 amide bonds. The van der Waals surface area contributed by atoms with Gasteiger partial charge in [-0.2, -0.15) is 0 Å². The van der Waals surface area contributed by atoms with E-state index in [-0.39, 0.29) is 22.7 Å². The predicted molar refractivity (Wildman–Crippen MR) is 137 cm³/mol. The molecule has 1 saturated heterocycles. The van der Waals surface area contributed by atoms with Crippen LogP contribution in [-0.4, -0.2) is 48.3 Å². The largest absolute Gasteiger partial charge is 0.375 e. The third-order valence-corrected chi connectivity index (χ3v) is 11.7. The molecule has 8 atom stereocenters. The topological polar surface area (TPSA) is 18.5 Å². The Kier molecular flexibility index (Phi) is 9.18. The van der Waals surface area contributed by atoms with E-state index in [9.17, 15) is 0 Å². The van der Waals surface area contributed by atoms with Gasteiger partial charge in [-0.05, 0) is 81.0 Å². The maximum Gasteiger partial charge on any atom is 0.138 e. The van der Waals surface area contributed by atoms with E-state index in [0.717, 1.165) is 57.0 Å². The Bertz CT molecular complexity index is 623. The first-order valence-electron chi connectivity index (χ1n) is 14.8. The SMILES string of the molecule is CCCCCCOC1CCC2C3CCC(OCC4CCC(CC5CC5)CC4)C(F)C3SC2C1F. The van der Waals surface area contributed by atoms with Gasteiger partial charge in [0.25, 0.3) is 0 Å². The molecular formula is C29H48F2O2S. The van der Waals surface area contributed by atoms with Gasteiger partial charge in [-0.15, -0.1) is 11.8 Å². The van der Waals surface area contributed by atoms with Gasteiger partial charge in [0.05, 0.1) is 12.2 Å². The van der Waals surface area contributed by atoms with Crippen molar-refractivity contribution in [3.05, 3.63) is 0 Å². The highest BCUT2D eigenvalue weighted by Crippen LogP contribution is 2.56. The summed E-state index contributed by atoms with van der Waals surface area (Å²) >= 11 is 1.61. The molecule has 196 valence electrons. The van der Waals surface area contributed by atoms with Gasteiger partial charge in [-0.25, -0.2) is 8.78 Å². The van der Waals surface area contributed by atoms with Crippen molar-refractivity contribution in [1.29, 1.82) is 0 Å². The molecule has 4 saturated carbocycles. The molecule has 4 aliphatic carbocycles. The first-order chi connectivity index (χ1) is 16.6. The minimum atomic E-state index is -0.946. The fraction of sp³-hybridized carbons (Fsp3) is 1.00. The molecule has 0 N–H and O–H groups in total. The monoisotopic (exact) mass is 498 g/mol. The fourth-order valence-electron chi connectivity index (χ4n) is 7.54. The van der Waals surface area contributed by atoms with E-state index in [1.54, 1.807) is 11.8 Å². The standard InChI is InChI=1S/C29H48F2O2S/c1-2-3-4-5-16-32-24-14-12-22-23-13-15-25(27(31)29(23)34-28(22)26(24)30)33-18-21-10-8-20(9-11-21)17-19-6-7-19/h19-29H,2-18H2,1H3. The molecule has 1 aliphatic heterocycles. The van der Waals surface area contributed by atoms with Gasteiger partial charge >= 0.3 is 0 Å². The molecule has 5 heteroatoms. The number of unbranched alkanes of at least 4 members (excludes halogenated alkanes) is 3. The number of thioether (sulfide) groups is 1. The van der Waals surface area contributed by atoms with Crippen molar-refractivity contribution in [2.24, 2.45) is 29.6 Å². The molecule has 0 aromatic rings. The summed E-state index contributed by atoms with van der Waals surface area (Å²) in [5.74, 6) is 3.23. The average molecular weight is 499 g/mol. The van der Waals surface area contributed by atoms with E-state index in [2.05, 4.69) is 6.92 Å². The summed E-state index contributed by atoms with van der Waals surface area (Å²) < 4.78 is 43.3. The van der Waals surface area contributed by atoms with E-state index in [4.69, 9.17) is 9.47 Å². The fourth-order valence-corrected chi connectivity index (χ4v) is 9.63. The third-order valence-electron chi connectivity index (χ3n) is 9.82. The Hall–Kier alpha value is 0.130. The second-order valence-electron chi connectivity index (χ2n) is 12.3. The summed E-state index contributed by atoms with van der Waals surface area (Å²) in [6.45, 7) is 3.60. The summed E-state index contributed by atoms with van der Waals surface area (Å²) in [7, 11) is 0. The summed E-state index contributed by atoms with van der Waals surface area (Å²) in [5, 5.41) is -0.160. The quantitative estimate of drug-likeness (QED) is 0.270. The Balaban J connectivity index is 1.06. The Morgan fingerprint density at radius 3 is 1.79 bits per heavy atom. The van der Waals surface area contributed by atoms with Crippen LogP contribution >= 0.6 is 11.8 Å². The second-order valence-corrected chi connectivity index (χ2v) is 13.7. The van der Waals surface area contributed by atoms with Crippen molar-refractivity contribution in [2.75, 3.05) is 13.2 Å². The van der Waals surface area contributed by atoms with Gasteiger partial charge in [-0.1, -0.05) is 51.9 Å². The number of fused-ring (bicyclic) bond motifs is 3. The number of hydrogen-bond donors (Lipinski definition) is 0. The van der Waals surface area contributed by atoms with Crippen LogP contribution in [0.1, 0.15) is 103 Å². The Morgan fingerprint density at radius 1 is 0.647 bits per heavy atom. The number of alkyl halides is 2. The Morgan fingerprint density at radius 2 is 1.21 bits per heavy atom. The van der Waals surface area contributed by atoms with Gasteiger partial charge in [0.1, 0.15) is 12.3 Å². The highest BCUT2D eigenvalue weighted by Gasteiger charge is 2.56. The van der Waals surface area contributed by atoms with E-state index >= 15 is 8.78 Å². The van der Waals surface area contributed by atoms with Crippen molar-refractivity contribution >= 4 is 11.8 Å². The van der Waals surface area contributed by atoms with Crippen LogP contribution < -0.4 is 0 Å². The average Bonchev–Trinajstić information content (AvgIpc) is 3.58. The van der Waals surface area contributed by atoms with Crippen LogP contribution in [-0.2, 0) is 9.47 Å². The molecule has 0 aromatic heterocycles. The van der Waals surface area contributed by atoms with Crippen LogP contribution in [0, 0.1) is 29.6 Å². The molecular weight excluding hydrogens is 450 g/mol. The molecule has 1 heterocycles. The molecule has 8 unspecified atom stereocenters. The van der Waals surface area contributed by atoms with Gasteiger partial charge < -0.3 is 9.47 Å². The molecule has 34 heavy (non-hydrogen) atoms. The number of ether oxygens (including phenoxy) is 2. The van der Waals surface area contributed by atoms with Gasteiger partial charge in [-0.3, -0.25) is 0 Å². The third kappa shape index (κ3) is 6.15. The van der Waals surface area contributed by atoms with Gasteiger partial charge in [0.15, 0.2) is 0 Å². The zero-order chi connectivity index (χ0) is 23.5. The van der Waals surface area contributed by atoms with Crippen LogP contribution in [0.3, 0.4) is 0 Å². The number of halogens is 2. The maximum atomic E-state index is 15.7. The molecule has 0 bridgehead atoms. The normalized spacial score (nSPS) is 44.6. The molecule has 0 spiro atoms. The summed E-state index contributed by atoms with van der Waals surface area (Å²) in [5.41, 5.74) is 0. The number of hydrogen-bond acceptors (Lipinski definition) is 3.